The van der Waals surface area contributed by atoms with Crippen LogP contribution in [0.1, 0.15) is 6.42 Å². The maximum atomic E-state index is 11.3. The van der Waals surface area contributed by atoms with Crippen molar-refractivity contribution in [1.82, 2.24) is 0 Å². The molecule has 2 unspecified atom stereocenters. The number of halogens is 3. The summed E-state index contributed by atoms with van der Waals surface area (Å²) in [5.41, 5.74) is 0. The fourth-order valence-corrected chi connectivity index (χ4v) is 5.48. The van der Waals surface area contributed by atoms with Gasteiger partial charge in [0.1, 0.15) is 11.9 Å². The summed E-state index contributed by atoms with van der Waals surface area (Å²) in [6, 6.07) is 4.11. The van der Waals surface area contributed by atoms with E-state index < -0.39 is 6.10 Å². The van der Waals surface area contributed by atoms with Gasteiger partial charge in [-0.2, -0.15) is 0 Å². The lowest BCUT2D eigenvalue weighted by Gasteiger charge is -2.34. The summed E-state index contributed by atoms with van der Waals surface area (Å²) >= 11 is 6.77. The minimum absolute atomic E-state index is 0.119. The largest absolute Gasteiger partial charge is 0.485 e. The van der Waals surface area contributed by atoms with Gasteiger partial charge < -0.3 is 9.47 Å². The molecule has 1 aliphatic carbocycles. The van der Waals surface area contributed by atoms with E-state index in [1.165, 1.54) is 3.57 Å². The van der Waals surface area contributed by atoms with E-state index in [4.69, 9.17) is 9.47 Å². The maximum Gasteiger partial charge on any atom is 0.169 e. The summed E-state index contributed by atoms with van der Waals surface area (Å²) in [5, 5.41) is 0. The molecule has 6 heteroatoms. The Balaban J connectivity index is 2.17. The predicted octanol–water partition coefficient (Wildman–Crippen LogP) is 3.24. The third-order valence-corrected chi connectivity index (χ3v) is 4.77. The van der Waals surface area contributed by atoms with Crippen molar-refractivity contribution in [2.45, 2.75) is 18.6 Å². The first-order valence-electron chi connectivity index (χ1n) is 4.89. The first-order chi connectivity index (χ1) is 8.02. The number of ether oxygens (including phenoxy) is 2. The van der Waals surface area contributed by atoms with Crippen LogP contribution in [0, 0.1) is 10.7 Å². The summed E-state index contributed by atoms with van der Waals surface area (Å²) in [7, 11) is 1.54. The van der Waals surface area contributed by atoms with Gasteiger partial charge in [0, 0.05) is 17.1 Å². The Labute approximate surface area is 140 Å². The molecule has 3 nitrogen and oxygen atoms in total. The molecule has 1 aromatic carbocycles. The van der Waals surface area contributed by atoms with Crippen LogP contribution in [-0.2, 0) is 9.53 Å². The standard InChI is InChI=1S/C11H9I3O3/c1-16-11-8(15)4-9(11)17-10-6(13)2-5(12)3-7(10)14/h2-3,9,11H,4H2,1H3. The second-order valence-electron chi connectivity index (χ2n) is 3.68. The van der Waals surface area contributed by atoms with Crippen molar-refractivity contribution in [2.24, 2.45) is 0 Å². The van der Waals surface area contributed by atoms with Crippen molar-refractivity contribution >= 4 is 73.6 Å². The third kappa shape index (κ3) is 3.06. The van der Waals surface area contributed by atoms with Gasteiger partial charge in [-0.15, -0.1) is 0 Å². The zero-order valence-electron chi connectivity index (χ0n) is 8.88. The number of methoxy groups -OCH3 is 1. The fraction of sp³-hybridized carbons (Fsp3) is 0.364. The average molecular weight is 570 g/mol. The highest BCUT2D eigenvalue weighted by Gasteiger charge is 2.42. The molecule has 0 aliphatic heterocycles. The Hall–Kier alpha value is 0.840. The molecular weight excluding hydrogens is 561 g/mol. The van der Waals surface area contributed by atoms with Crippen LogP contribution in [0.3, 0.4) is 0 Å². The number of hydrogen-bond donors (Lipinski definition) is 0. The van der Waals surface area contributed by atoms with Crippen molar-refractivity contribution in [3.05, 3.63) is 22.8 Å². The van der Waals surface area contributed by atoms with E-state index >= 15 is 0 Å². The van der Waals surface area contributed by atoms with Crippen LogP contribution < -0.4 is 4.74 Å². The Kier molecular flexibility index (Phi) is 4.92. The first kappa shape index (κ1) is 14.3. The molecule has 0 heterocycles. The van der Waals surface area contributed by atoms with Gasteiger partial charge in [0.25, 0.3) is 0 Å². The zero-order chi connectivity index (χ0) is 12.6. The van der Waals surface area contributed by atoms with E-state index in [2.05, 4.69) is 79.9 Å². The van der Waals surface area contributed by atoms with Crippen LogP contribution in [0.5, 0.6) is 5.75 Å². The van der Waals surface area contributed by atoms with Gasteiger partial charge in [0.2, 0.25) is 0 Å². The van der Waals surface area contributed by atoms with Gasteiger partial charge >= 0.3 is 0 Å². The highest BCUT2D eigenvalue weighted by molar-refractivity contribution is 14.1. The lowest BCUT2D eigenvalue weighted by atomic mass is 9.90. The normalized spacial score (nSPS) is 23.4. The SMILES string of the molecule is COC1C(=O)CC1Oc1c(I)cc(I)cc1I. The van der Waals surface area contributed by atoms with E-state index in [-0.39, 0.29) is 11.9 Å². The lowest BCUT2D eigenvalue weighted by molar-refractivity contribution is -0.151. The third-order valence-electron chi connectivity index (χ3n) is 2.54. The number of rotatable bonds is 3. The van der Waals surface area contributed by atoms with Crippen LogP contribution in [0.4, 0.5) is 0 Å². The van der Waals surface area contributed by atoms with Crippen LogP contribution in [0.25, 0.3) is 0 Å². The minimum atomic E-state index is -0.402. The van der Waals surface area contributed by atoms with Crippen LogP contribution in [-0.4, -0.2) is 25.1 Å². The first-order valence-corrected chi connectivity index (χ1v) is 8.13. The van der Waals surface area contributed by atoms with Crippen LogP contribution in [0.2, 0.25) is 0 Å². The van der Waals surface area contributed by atoms with Gasteiger partial charge in [-0.05, 0) is 79.9 Å². The molecule has 2 rings (SSSR count). The molecule has 0 bridgehead atoms. The monoisotopic (exact) mass is 570 g/mol. The molecule has 0 radical (unpaired) electrons. The molecule has 17 heavy (non-hydrogen) atoms. The highest BCUT2D eigenvalue weighted by atomic mass is 127. The minimum Gasteiger partial charge on any atom is -0.485 e. The number of benzene rings is 1. The van der Waals surface area contributed by atoms with E-state index in [0.717, 1.165) is 12.9 Å². The topological polar surface area (TPSA) is 35.5 Å². The molecule has 2 atom stereocenters. The van der Waals surface area contributed by atoms with Gasteiger partial charge in [-0.1, -0.05) is 0 Å². The molecule has 1 aromatic rings. The Morgan fingerprint density at radius 3 is 2.29 bits per heavy atom. The Bertz CT molecular complexity index is 438. The second-order valence-corrected chi connectivity index (χ2v) is 7.25. The number of hydrogen-bond acceptors (Lipinski definition) is 3. The molecule has 1 saturated carbocycles. The van der Waals surface area contributed by atoms with E-state index in [1.54, 1.807) is 7.11 Å². The number of carbonyl (C=O) groups excluding carboxylic acids is 1. The van der Waals surface area contributed by atoms with Gasteiger partial charge in [0.15, 0.2) is 11.9 Å². The highest BCUT2D eigenvalue weighted by Crippen LogP contribution is 2.33. The molecule has 0 N–H and O–H groups in total. The predicted molar refractivity (Wildman–Crippen MR) is 89.4 cm³/mol. The number of ketones is 1. The van der Waals surface area contributed by atoms with Gasteiger partial charge in [0.05, 0.1) is 7.14 Å². The molecule has 0 aromatic heterocycles. The molecule has 1 aliphatic rings. The number of carbonyl (C=O) groups is 1. The zero-order valence-corrected chi connectivity index (χ0v) is 15.3. The Morgan fingerprint density at radius 1 is 1.24 bits per heavy atom. The molecule has 0 amide bonds. The molecule has 0 saturated heterocycles. The van der Waals surface area contributed by atoms with Crippen molar-refractivity contribution in [2.75, 3.05) is 7.11 Å². The summed E-state index contributed by atoms with van der Waals surface area (Å²) in [5.74, 6) is 0.971. The van der Waals surface area contributed by atoms with E-state index in [0.29, 0.717) is 6.42 Å². The van der Waals surface area contributed by atoms with Gasteiger partial charge in [-0.25, -0.2) is 0 Å². The van der Waals surface area contributed by atoms with Crippen LogP contribution in [0.15, 0.2) is 12.1 Å². The summed E-state index contributed by atoms with van der Waals surface area (Å²) in [4.78, 5) is 11.3. The number of Topliss-reactive ketones (excluding diaryl/α,β-unsaturated/α-hetero) is 1. The molecular formula is C11H9I3O3. The van der Waals surface area contributed by atoms with E-state index in [9.17, 15) is 4.79 Å². The van der Waals surface area contributed by atoms with Crippen molar-refractivity contribution in [1.29, 1.82) is 0 Å². The molecule has 1 fully saturated rings. The summed E-state index contributed by atoms with van der Waals surface area (Å²) in [6.07, 6.45) is -0.105. The smallest absolute Gasteiger partial charge is 0.169 e. The maximum absolute atomic E-state index is 11.3. The molecule has 92 valence electrons. The Morgan fingerprint density at radius 2 is 1.82 bits per heavy atom. The van der Waals surface area contributed by atoms with Gasteiger partial charge in [-0.3, -0.25) is 4.79 Å². The average Bonchev–Trinajstić information content (AvgIpc) is 2.21. The van der Waals surface area contributed by atoms with Crippen molar-refractivity contribution in [3.8, 4) is 5.75 Å². The van der Waals surface area contributed by atoms with Crippen LogP contribution >= 0.6 is 67.8 Å². The second kappa shape index (κ2) is 5.87. The molecule has 0 spiro atoms. The lowest BCUT2D eigenvalue weighted by Crippen LogP contribution is -2.51. The quantitative estimate of drug-likeness (QED) is 0.525. The summed E-state index contributed by atoms with van der Waals surface area (Å²) in [6.45, 7) is 0. The fourth-order valence-electron chi connectivity index (χ4n) is 1.65. The van der Waals surface area contributed by atoms with Crippen molar-refractivity contribution in [3.63, 3.8) is 0 Å². The summed E-state index contributed by atoms with van der Waals surface area (Å²) < 4.78 is 14.3. The van der Waals surface area contributed by atoms with E-state index in [1.807, 2.05) is 0 Å². The van der Waals surface area contributed by atoms with Crippen molar-refractivity contribution < 1.29 is 14.3 Å².